The quantitative estimate of drug-likeness (QED) is 0.926. The number of amides is 1. The summed E-state index contributed by atoms with van der Waals surface area (Å²) in [5.74, 6) is 2.04. The number of anilines is 1. The van der Waals surface area contributed by atoms with Crippen LogP contribution >= 0.6 is 11.6 Å². The number of hydrogen-bond donors (Lipinski definition) is 1. The molecule has 4 nitrogen and oxygen atoms in total. The average Bonchev–Trinajstić information content (AvgIpc) is 2.72. The van der Waals surface area contributed by atoms with Crippen LogP contribution in [0.2, 0.25) is 5.02 Å². The molecule has 1 unspecified atom stereocenters. The van der Waals surface area contributed by atoms with Crippen molar-refractivity contribution in [2.45, 2.75) is 33.1 Å². The lowest BCUT2D eigenvalue weighted by Gasteiger charge is -2.21. The Morgan fingerprint density at radius 1 is 1.43 bits per heavy atom. The average molecular weight is 310 g/mol. The number of pyridine rings is 1. The van der Waals surface area contributed by atoms with Gasteiger partial charge < -0.3 is 10.2 Å². The van der Waals surface area contributed by atoms with E-state index in [0.717, 1.165) is 31.8 Å². The summed E-state index contributed by atoms with van der Waals surface area (Å²) in [4.78, 5) is 18.7. The van der Waals surface area contributed by atoms with Gasteiger partial charge in [-0.15, -0.1) is 0 Å². The molecule has 0 spiro atoms. The number of nitrogens with one attached hydrogen (secondary N) is 1. The molecule has 0 saturated carbocycles. The van der Waals surface area contributed by atoms with Crippen molar-refractivity contribution >= 4 is 23.3 Å². The van der Waals surface area contributed by atoms with Crippen LogP contribution in [-0.2, 0) is 0 Å². The first-order valence-corrected chi connectivity index (χ1v) is 8.03. The van der Waals surface area contributed by atoms with Gasteiger partial charge in [-0.3, -0.25) is 4.79 Å². The van der Waals surface area contributed by atoms with E-state index in [1.54, 1.807) is 19.3 Å². The summed E-state index contributed by atoms with van der Waals surface area (Å²) < 4.78 is 0. The maximum atomic E-state index is 12.6. The summed E-state index contributed by atoms with van der Waals surface area (Å²) in [6.45, 7) is 6.19. The van der Waals surface area contributed by atoms with E-state index < -0.39 is 0 Å². The van der Waals surface area contributed by atoms with Crippen molar-refractivity contribution in [1.29, 1.82) is 0 Å². The molecular formula is C16H24ClN3O. The molecule has 0 bridgehead atoms. The third-order valence-electron chi connectivity index (χ3n) is 4.33. The van der Waals surface area contributed by atoms with Crippen LogP contribution in [0.1, 0.15) is 43.5 Å². The van der Waals surface area contributed by atoms with Gasteiger partial charge >= 0.3 is 0 Å². The predicted molar refractivity (Wildman–Crippen MR) is 86.9 cm³/mol. The molecule has 0 aliphatic carbocycles. The van der Waals surface area contributed by atoms with Crippen LogP contribution < -0.4 is 5.32 Å². The summed E-state index contributed by atoms with van der Waals surface area (Å²) in [6, 6.07) is 1.70. The van der Waals surface area contributed by atoms with E-state index in [1.165, 1.54) is 6.42 Å². The van der Waals surface area contributed by atoms with Crippen LogP contribution in [0.25, 0.3) is 0 Å². The Bertz CT molecular complexity index is 504. The molecule has 1 aliphatic rings. The molecular weight excluding hydrogens is 286 g/mol. The van der Waals surface area contributed by atoms with Gasteiger partial charge in [0.05, 0.1) is 10.6 Å². The monoisotopic (exact) mass is 309 g/mol. The molecule has 1 fully saturated rings. The van der Waals surface area contributed by atoms with Crippen LogP contribution in [0.4, 0.5) is 5.82 Å². The highest BCUT2D eigenvalue weighted by atomic mass is 35.5. The fourth-order valence-electron chi connectivity index (χ4n) is 2.91. The largest absolute Gasteiger partial charge is 0.372 e. The Morgan fingerprint density at radius 2 is 2.19 bits per heavy atom. The van der Waals surface area contributed by atoms with Crippen LogP contribution in [0.15, 0.2) is 12.3 Å². The highest BCUT2D eigenvalue weighted by molar-refractivity contribution is 6.33. The summed E-state index contributed by atoms with van der Waals surface area (Å²) in [7, 11) is 1.76. The summed E-state index contributed by atoms with van der Waals surface area (Å²) in [5, 5.41) is 3.39. The zero-order valence-electron chi connectivity index (χ0n) is 13.0. The lowest BCUT2D eigenvalue weighted by atomic mass is 9.89. The fourth-order valence-corrected chi connectivity index (χ4v) is 3.17. The normalized spacial score (nSPS) is 19.5. The first-order valence-electron chi connectivity index (χ1n) is 7.65. The summed E-state index contributed by atoms with van der Waals surface area (Å²) >= 11 is 6.11. The Morgan fingerprint density at radius 3 is 2.81 bits per heavy atom. The molecule has 116 valence electrons. The van der Waals surface area contributed by atoms with Gasteiger partial charge in [0.2, 0.25) is 0 Å². The third kappa shape index (κ3) is 3.88. The van der Waals surface area contributed by atoms with Gasteiger partial charge in [0.25, 0.3) is 5.91 Å². The minimum atomic E-state index is 0.0384. The van der Waals surface area contributed by atoms with E-state index in [2.05, 4.69) is 24.1 Å². The van der Waals surface area contributed by atoms with Crippen molar-refractivity contribution in [3.05, 3.63) is 22.8 Å². The van der Waals surface area contributed by atoms with Crippen LogP contribution in [0.3, 0.4) is 0 Å². The maximum Gasteiger partial charge on any atom is 0.255 e. The molecule has 5 heteroatoms. The highest BCUT2D eigenvalue weighted by Gasteiger charge is 2.23. The first kappa shape index (κ1) is 16.1. The van der Waals surface area contributed by atoms with E-state index in [-0.39, 0.29) is 5.91 Å². The minimum absolute atomic E-state index is 0.0384. The molecule has 21 heavy (non-hydrogen) atoms. The standard InChI is InChI=1S/C16H24ClN3O/c1-11(2)12-5-4-7-20(8-6-12)16(21)13-9-14(17)15(18-3)19-10-13/h9-12H,4-8H2,1-3H3,(H,18,19). The number of aromatic nitrogens is 1. The Balaban J connectivity index is 2.07. The van der Waals surface area contributed by atoms with Gasteiger partial charge in [0, 0.05) is 26.3 Å². The topological polar surface area (TPSA) is 45.2 Å². The van der Waals surface area contributed by atoms with Crippen LogP contribution in [0.5, 0.6) is 0 Å². The zero-order valence-corrected chi connectivity index (χ0v) is 13.8. The second-order valence-corrected chi connectivity index (χ2v) is 6.44. The zero-order chi connectivity index (χ0) is 15.4. The molecule has 0 aromatic carbocycles. The van der Waals surface area contributed by atoms with Crippen molar-refractivity contribution in [3.8, 4) is 0 Å². The van der Waals surface area contributed by atoms with E-state index in [1.807, 2.05) is 4.90 Å². The van der Waals surface area contributed by atoms with Crippen molar-refractivity contribution in [1.82, 2.24) is 9.88 Å². The number of halogens is 1. The second-order valence-electron chi connectivity index (χ2n) is 6.03. The molecule has 1 saturated heterocycles. The highest BCUT2D eigenvalue weighted by Crippen LogP contribution is 2.26. The van der Waals surface area contributed by atoms with Crippen molar-refractivity contribution in [2.75, 3.05) is 25.5 Å². The van der Waals surface area contributed by atoms with Crippen LogP contribution in [0, 0.1) is 11.8 Å². The third-order valence-corrected chi connectivity index (χ3v) is 4.62. The Kier molecular flexibility index (Phi) is 5.45. The summed E-state index contributed by atoms with van der Waals surface area (Å²) in [6.07, 6.45) is 4.97. The van der Waals surface area contributed by atoms with Crippen molar-refractivity contribution < 1.29 is 4.79 Å². The number of carbonyl (C=O) groups excluding carboxylic acids is 1. The number of likely N-dealkylation sites (tertiary alicyclic amines) is 1. The van der Waals surface area contributed by atoms with Crippen molar-refractivity contribution in [2.24, 2.45) is 11.8 Å². The number of rotatable bonds is 3. The van der Waals surface area contributed by atoms with E-state index in [9.17, 15) is 4.79 Å². The summed E-state index contributed by atoms with van der Waals surface area (Å²) in [5.41, 5.74) is 0.571. The molecule has 1 aromatic heterocycles. The molecule has 1 aliphatic heterocycles. The Hall–Kier alpha value is -1.29. The predicted octanol–water partition coefficient (Wildman–Crippen LogP) is 3.68. The minimum Gasteiger partial charge on any atom is -0.372 e. The van der Waals surface area contributed by atoms with Gasteiger partial charge in [-0.1, -0.05) is 25.4 Å². The molecule has 1 N–H and O–H groups in total. The molecule has 2 heterocycles. The first-order chi connectivity index (χ1) is 10.0. The van der Waals surface area contributed by atoms with Gasteiger partial charge in [0.15, 0.2) is 0 Å². The smallest absolute Gasteiger partial charge is 0.255 e. The van der Waals surface area contributed by atoms with Gasteiger partial charge in [-0.05, 0) is 37.2 Å². The fraction of sp³-hybridized carbons (Fsp3) is 0.625. The van der Waals surface area contributed by atoms with Crippen molar-refractivity contribution in [3.63, 3.8) is 0 Å². The number of carbonyl (C=O) groups is 1. The van der Waals surface area contributed by atoms with Gasteiger partial charge in [-0.25, -0.2) is 4.98 Å². The molecule has 2 rings (SSSR count). The van der Waals surface area contributed by atoms with Gasteiger partial charge in [-0.2, -0.15) is 0 Å². The number of nitrogens with zero attached hydrogens (tertiary/aromatic N) is 2. The lowest BCUT2D eigenvalue weighted by molar-refractivity contribution is 0.0758. The van der Waals surface area contributed by atoms with Crippen LogP contribution in [-0.4, -0.2) is 35.9 Å². The van der Waals surface area contributed by atoms with Gasteiger partial charge in [0.1, 0.15) is 5.82 Å². The maximum absolute atomic E-state index is 12.6. The number of hydrogen-bond acceptors (Lipinski definition) is 3. The lowest BCUT2D eigenvalue weighted by Crippen LogP contribution is -2.32. The van der Waals surface area contributed by atoms with E-state index >= 15 is 0 Å². The molecule has 1 atom stereocenters. The SMILES string of the molecule is CNc1ncc(C(=O)N2CCCC(C(C)C)CC2)cc1Cl. The Labute approximate surface area is 131 Å². The molecule has 1 aromatic rings. The molecule has 0 radical (unpaired) electrons. The van der Waals surface area contributed by atoms with E-state index in [0.29, 0.717) is 22.3 Å². The molecule has 1 amide bonds. The van der Waals surface area contributed by atoms with E-state index in [4.69, 9.17) is 11.6 Å². The second kappa shape index (κ2) is 7.12.